The Bertz CT molecular complexity index is 306. The number of benzene rings is 1. The van der Waals surface area contributed by atoms with Crippen LogP contribution in [0.5, 0.6) is 0 Å². The van der Waals surface area contributed by atoms with Crippen molar-refractivity contribution in [1.82, 2.24) is 0 Å². The van der Waals surface area contributed by atoms with Gasteiger partial charge in [0.25, 0.3) is 0 Å². The molecule has 0 aliphatic rings. The van der Waals surface area contributed by atoms with Crippen molar-refractivity contribution < 1.29 is 5.11 Å². The molecule has 78 valence electrons. The Labute approximate surface area is 93.3 Å². The minimum atomic E-state index is -0.782. The topological polar surface area (TPSA) is 46.2 Å². The smallest absolute Gasteiger partial charge is 0.0672 e. The third-order valence-corrected chi connectivity index (χ3v) is 2.83. The Morgan fingerprint density at radius 3 is 2.57 bits per heavy atom. The molecule has 1 unspecified atom stereocenters. The summed E-state index contributed by atoms with van der Waals surface area (Å²) in [7, 11) is 0. The third kappa shape index (κ3) is 2.80. The summed E-state index contributed by atoms with van der Waals surface area (Å²) < 4.78 is 1.01. The van der Waals surface area contributed by atoms with E-state index < -0.39 is 5.60 Å². The van der Waals surface area contributed by atoms with Crippen LogP contribution < -0.4 is 5.73 Å². The summed E-state index contributed by atoms with van der Waals surface area (Å²) in [5.74, 6) is -0.0278. The predicted octanol–water partition coefficient (Wildman–Crippen LogP) is 2.26. The van der Waals surface area contributed by atoms with Gasteiger partial charge in [0.05, 0.1) is 5.60 Å². The van der Waals surface area contributed by atoms with E-state index in [0.29, 0.717) is 6.54 Å². The van der Waals surface area contributed by atoms with E-state index in [-0.39, 0.29) is 5.92 Å². The van der Waals surface area contributed by atoms with Crippen molar-refractivity contribution in [3.8, 4) is 0 Å². The first kappa shape index (κ1) is 11.7. The van der Waals surface area contributed by atoms with E-state index in [4.69, 9.17) is 5.73 Å². The van der Waals surface area contributed by atoms with E-state index in [1.807, 2.05) is 24.3 Å². The molecule has 0 saturated heterocycles. The lowest BCUT2D eigenvalue weighted by atomic mass is 9.85. The standard InChI is InChI=1S/C11H16BrNO/c1-11(2,14)10(7-13)8-4-3-5-9(12)6-8/h3-6,10,14H,7,13H2,1-2H3. The van der Waals surface area contributed by atoms with Crippen molar-refractivity contribution in [3.05, 3.63) is 34.3 Å². The zero-order chi connectivity index (χ0) is 10.8. The van der Waals surface area contributed by atoms with E-state index in [0.717, 1.165) is 10.0 Å². The minimum absolute atomic E-state index is 0.0278. The molecule has 1 aromatic carbocycles. The van der Waals surface area contributed by atoms with E-state index in [1.165, 1.54) is 0 Å². The summed E-state index contributed by atoms with van der Waals surface area (Å²) in [5, 5.41) is 9.93. The molecule has 1 atom stereocenters. The van der Waals surface area contributed by atoms with Crippen molar-refractivity contribution in [2.75, 3.05) is 6.54 Å². The van der Waals surface area contributed by atoms with Crippen LogP contribution >= 0.6 is 15.9 Å². The van der Waals surface area contributed by atoms with Gasteiger partial charge in [0.15, 0.2) is 0 Å². The van der Waals surface area contributed by atoms with Crippen LogP contribution in [0.2, 0.25) is 0 Å². The molecular weight excluding hydrogens is 242 g/mol. The summed E-state index contributed by atoms with van der Waals surface area (Å²) >= 11 is 3.40. The average Bonchev–Trinajstić information content (AvgIpc) is 2.02. The zero-order valence-corrected chi connectivity index (χ0v) is 10.1. The highest BCUT2D eigenvalue weighted by Gasteiger charge is 2.26. The molecule has 0 aliphatic heterocycles. The van der Waals surface area contributed by atoms with Crippen molar-refractivity contribution in [2.45, 2.75) is 25.4 Å². The molecule has 0 spiro atoms. The van der Waals surface area contributed by atoms with Gasteiger partial charge in [-0.25, -0.2) is 0 Å². The molecule has 0 aromatic heterocycles. The first-order chi connectivity index (χ1) is 6.45. The molecule has 3 N–H and O–H groups in total. The van der Waals surface area contributed by atoms with Crippen LogP contribution in [0.4, 0.5) is 0 Å². The van der Waals surface area contributed by atoms with Crippen molar-refractivity contribution >= 4 is 15.9 Å². The maximum absolute atomic E-state index is 9.93. The molecule has 0 aliphatic carbocycles. The Balaban J connectivity index is 3.01. The molecule has 0 fully saturated rings. The molecule has 0 bridgehead atoms. The second-order valence-corrected chi connectivity index (χ2v) is 4.91. The van der Waals surface area contributed by atoms with E-state index in [2.05, 4.69) is 15.9 Å². The van der Waals surface area contributed by atoms with Crippen LogP contribution in [-0.4, -0.2) is 17.3 Å². The summed E-state index contributed by atoms with van der Waals surface area (Å²) in [4.78, 5) is 0. The largest absolute Gasteiger partial charge is 0.390 e. The van der Waals surface area contributed by atoms with Crippen LogP contribution in [0.3, 0.4) is 0 Å². The van der Waals surface area contributed by atoms with Crippen LogP contribution in [-0.2, 0) is 0 Å². The zero-order valence-electron chi connectivity index (χ0n) is 8.50. The molecule has 14 heavy (non-hydrogen) atoms. The Kier molecular flexibility index (Phi) is 3.70. The average molecular weight is 258 g/mol. The van der Waals surface area contributed by atoms with Gasteiger partial charge < -0.3 is 10.8 Å². The highest BCUT2D eigenvalue weighted by molar-refractivity contribution is 9.10. The molecule has 0 saturated carbocycles. The molecule has 0 radical (unpaired) electrons. The Morgan fingerprint density at radius 2 is 2.14 bits per heavy atom. The van der Waals surface area contributed by atoms with Gasteiger partial charge in [-0.15, -0.1) is 0 Å². The quantitative estimate of drug-likeness (QED) is 0.873. The summed E-state index contributed by atoms with van der Waals surface area (Å²) in [5.41, 5.74) is 5.95. The van der Waals surface area contributed by atoms with E-state index >= 15 is 0 Å². The molecule has 2 nitrogen and oxygen atoms in total. The maximum Gasteiger partial charge on any atom is 0.0672 e. The molecule has 0 heterocycles. The lowest BCUT2D eigenvalue weighted by Gasteiger charge is -2.28. The lowest BCUT2D eigenvalue weighted by Crippen LogP contribution is -2.34. The number of hydrogen-bond donors (Lipinski definition) is 2. The van der Waals surface area contributed by atoms with Gasteiger partial charge in [0.2, 0.25) is 0 Å². The number of aliphatic hydroxyl groups is 1. The number of nitrogens with two attached hydrogens (primary N) is 1. The third-order valence-electron chi connectivity index (χ3n) is 2.34. The molecular formula is C11H16BrNO. The fraction of sp³-hybridized carbons (Fsp3) is 0.455. The van der Waals surface area contributed by atoms with Crippen molar-refractivity contribution in [1.29, 1.82) is 0 Å². The van der Waals surface area contributed by atoms with Crippen LogP contribution in [0, 0.1) is 0 Å². The first-order valence-electron chi connectivity index (χ1n) is 4.63. The van der Waals surface area contributed by atoms with Crippen molar-refractivity contribution in [3.63, 3.8) is 0 Å². The fourth-order valence-corrected chi connectivity index (χ4v) is 1.97. The lowest BCUT2D eigenvalue weighted by molar-refractivity contribution is 0.0525. The normalized spacial score (nSPS) is 14.1. The fourth-order valence-electron chi connectivity index (χ4n) is 1.56. The van der Waals surface area contributed by atoms with Crippen LogP contribution in [0.15, 0.2) is 28.7 Å². The van der Waals surface area contributed by atoms with Gasteiger partial charge >= 0.3 is 0 Å². The predicted molar refractivity (Wildman–Crippen MR) is 62.2 cm³/mol. The monoisotopic (exact) mass is 257 g/mol. The van der Waals surface area contributed by atoms with Gasteiger partial charge in [-0.05, 0) is 31.5 Å². The highest BCUT2D eigenvalue weighted by Crippen LogP contribution is 2.28. The number of halogens is 1. The van der Waals surface area contributed by atoms with Gasteiger partial charge in [0.1, 0.15) is 0 Å². The maximum atomic E-state index is 9.93. The molecule has 1 aromatic rings. The number of hydrogen-bond acceptors (Lipinski definition) is 2. The second-order valence-electron chi connectivity index (χ2n) is 4.00. The Hall–Kier alpha value is -0.380. The minimum Gasteiger partial charge on any atom is -0.390 e. The molecule has 3 heteroatoms. The van der Waals surface area contributed by atoms with Gasteiger partial charge in [0, 0.05) is 16.9 Å². The number of rotatable bonds is 3. The van der Waals surface area contributed by atoms with E-state index in [1.54, 1.807) is 13.8 Å². The molecule has 0 amide bonds. The second kappa shape index (κ2) is 4.43. The Morgan fingerprint density at radius 1 is 1.50 bits per heavy atom. The highest BCUT2D eigenvalue weighted by atomic mass is 79.9. The SMILES string of the molecule is CC(C)(O)C(CN)c1cccc(Br)c1. The van der Waals surface area contributed by atoms with Crippen LogP contribution in [0.25, 0.3) is 0 Å². The first-order valence-corrected chi connectivity index (χ1v) is 5.42. The van der Waals surface area contributed by atoms with Gasteiger partial charge in [-0.3, -0.25) is 0 Å². The summed E-state index contributed by atoms with van der Waals surface area (Å²) in [6.07, 6.45) is 0. The van der Waals surface area contributed by atoms with Crippen molar-refractivity contribution in [2.24, 2.45) is 5.73 Å². The van der Waals surface area contributed by atoms with E-state index in [9.17, 15) is 5.11 Å². The van der Waals surface area contributed by atoms with Gasteiger partial charge in [-0.1, -0.05) is 28.1 Å². The summed E-state index contributed by atoms with van der Waals surface area (Å²) in [6.45, 7) is 4.01. The van der Waals surface area contributed by atoms with Crippen LogP contribution in [0.1, 0.15) is 25.3 Å². The van der Waals surface area contributed by atoms with Gasteiger partial charge in [-0.2, -0.15) is 0 Å². The molecule has 1 rings (SSSR count). The summed E-state index contributed by atoms with van der Waals surface area (Å²) in [6, 6.07) is 7.89.